The topological polar surface area (TPSA) is 59.2 Å². The van der Waals surface area contributed by atoms with E-state index in [1.54, 1.807) is 48.2 Å². The Balaban J connectivity index is 2.60. The van der Waals surface area contributed by atoms with Crippen LogP contribution in [0.1, 0.15) is 6.42 Å². The van der Waals surface area contributed by atoms with Gasteiger partial charge in [0, 0.05) is 25.1 Å². The van der Waals surface area contributed by atoms with Crippen LogP contribution in [-0.4, -0.2) is 36.0 Å². The number of pyridine rings is 1. The first-order valence-corrected chi connectivity index (χ1v) is 6.48. The molecule has 4 nitrogen and oxygen atoms in total. The lowest BCUT2D eigenvalue weighted by atomic mass is 10.2. The quantitative estimate of drug-likeness (QED) is 0.836. The molecule has 0 fully saturated rings. The molecule has 1 rings (SSSR count). The van der Waals surface area contributed by atoms with Gasteiger partial charge in [-0.2, -0.15) is 11.8 Å². The molecule has 2 N–H and O–H groups in total. The monoisotopic (exact) mass is 239 g/mol. The molecule has 0 saturated heterocycles. The molecule has 1 aromatic rings. The zero-order valence-corrected chi connectivity index (χ0v) is 10.4. The number of carbonyl (C=O) groups excluding carboxylic acids is 1. The molecular weight excluding hydrogens is 222 g/mol. The van der Waals surface area contributed by atoms with E-state index in [9.17, 15) is 4.79 Å². The van der Waals surface area contributed by atoms with Gasteiger partial charge in [0.05, 0.1) is 6.04 Å². The molecule has 0 aliphatic carbocycles. The molecule has 1 aromatic heterocycles. The van der Waals surface area contributed by atoms with Crippen LogP contribution < -0.4 is 10.6 Å². The van der Waals surface area contributed by atoms with E-state index in [1.165, 1.54) is 0 Å². The Morgan fingerprint density at radius 3 is 2.75 bits per heavy atom. The van der Waals surface area contributed by atoms with Gasteiger partial charge in [-0.3, -0.25) is 9.78 Å². The lowest BCUT2D eigenvalue weighted by Gasteiger charge is -2.20. The molecule has 0 aliphatic heterocycles. The fraction of sp³-hybridized carbons (Fsp3) is 0.455. The second-order valence-electron chi connectivity index (χ2n) is 3.49. The van der Waals surface area contributed by atoms with E-state index in [0.717, 1.165) is 11.4 Å². The van der Waals surface area contributed by atoms with Crippen molar-refractivity contribution in [2.24, 2.45) is 5.73 Å². The van der Waals surface area contributed by atoms with Crippen LogP contribution in [0.5, 0.6) is 0 Å². The van der Waals surface area contributed by atoms with Crippen LogP contribution in [0.4, 0.5) is 5.69 Å². The lowest BCUT2D eigenvalue weighted by molar-refractivity contribution is -0.119. The Morgan fingerprint density at radius 1 is 1.56 bits per heavy atom. The third-order valence-corrected chi connectivity index (χ3v) is 2.97. The molecule has 0 spiro atoms. The molecule has 0 radical (unpaired) electrons. The van der Waals surface area contributed by atoms with Crippen molar-refractivity contribution in [1.29, 1.82) is 0 Å². The van der Waals surface area contributed by atoms with E-state index in [2.05, 4.69) is 4.98 Å². The molecule has 0 aliphatic rings. The maximum atomic E-state index is 11.9. The van der Waals surface area contributed by atoms with E-state index in [-0.39, 0.29) is 5.91 Å². The van der Waals surface area contributed by atoms with Crippen LogP contribution >= 0.6 is 11.8 Å². The van der Waals surface area contributed by atoms with Gasteiger partial charge >= 0.3 is 0 Å². The van der Waals surface area contributed by atoms with Gasteiger partial charge in [0.2, 0.25) is 5.91 Å². The van der Waals surface area contributed by atoms with Gasteiger partial charge < -0.3 is 10.6 Å². The molecule has 1 amide bonds. The number of nitrogens with two attached hydrogens (primary N) is 1. The third kappa shape index (κ3) is 3.50. The highest BCUT2D eigenvalue weighted by molar-refractivity contribution is 7.98. The Hall–Kier alpha value is -1.07. The Morgan fingerprint density at radius 2 is 2.19 bits per heavy atom. The number of likely N-dealkylation sites (N-methyl/N-ethyl adjacent to an activating group) is 1. The van der Waals surface area contributed by atoms with E-state index < -0.39 is 6.04 Å². The highest BCUT2D eigenvalue weighted by Gasteiger charge is 2.18. The largest absolute Gasteiger partial charge is 0.320 e. The molecular formula is C11H17N3OS. The number of nitrogens with zero attached hydrogens (tertiary/aromatic N) is 2. The van der Waals surface area contributed by atoms with Crippen molar-refractivity contribution in [1.82, 2.24) is 4.98 Å². The number of anilines is 1. The van der Waals surface area contributed by atoms with E-state index in [0.29, 0.717) is 6.42 Å². The predicted octanol–water partition coefficient (Wildman–Crippen LogP) is 1.12. The molecule has 0 bridgehead atoms. The number of hydrogen-bond donors (Lipinski definition) is 1. The summed E-state index contributed by atoms with van der Waals surface area (Å²) in [5, 5.41) is 0. The highest BCUT2D eigenvalue weighted by Crippen LogP contribution is 2.12. The molecule has 88 valence electrons. The van der Waals surface area contributed by atoms with Crippen LogP contribution in [0.3, 0.4) is 0 Å². The van der Waals surface area contributed by atoms with Crippen LogP contribution in [0.2, 0.25) is 0 Å². The minimum Gasteiger partial charge on any atom is -0.320 e. The van der Waals surface area contributed by atoms with Crippen LogP contribution in [0, 0.1) is 0 Å². The average Bonchev–Trinajstić information content (AvgIpc) is 2.35. The molecule has 16 heavy (non-hydrogen) atoms. The van der Waals surface area contributed by atoms with Crippen molar-refractivity contribution in [2.75, 3.05) is 24.0 Å². The number of aromatic nitrogens is 1. The van der Waals surface area contributed by atoms with Gasteiger partial charge in [-0.1, -0.05) is 0 Å². The first-order chi connectivity index (χ1) is 7.66. The lowest BCUT2D eigenvalue weighted by Crippen LogP contribution is -2.42. The number of thioether (sulfide) groups is 1. The van der Waals surface area contributed by atoms with Gasteiger partial charge in [-0.15, -0.1) is 0 Å². The summed E-state index contributed by atoms with van der Waals surface area (Å²) in [5.74, 6) is 0.845. The molecule has 1 atom stereocenters. The maximum Gasteiger partial charge on any atom is 0.243 e. The number of hydrogen-bond acceptors (Lipinski definition) is 4. The first kappa shape index (κ1) is 13.0. The van der Waals surface area contributed by atoms with E-state index in [1.807, 2.05) is 6.26 Å². The fourth-order valence-electron chi connectivity index (χ4n) is 1.31. The van der Waals surface area contributed by atoms with Gasteiger partial charge in [0.15, 0.2) is 0 Å². The smallest absolute Gasteiger partial charge is 0.243 e. The van der Waals surface area contributed by atoms with Gasteiger partial charge in [-0.25, -0.2) is 0 Å². The fourth-order valence-corrected chi connectivity index (χ4v) is 1.80. The second-order valence-corrected chi connectivity index (χ2v) is 4.48. The van der Waals surface area contributed by atoms with Crippen LogP contribution in [0.15, 0.2) is 24.5 Å². The van der Waals surface area contributed by atoms with Gasteiger partial charge in [0.1, 0.15) is 0 Å². The van der Waals surface area contributed by atoms with E-state index in [4.69, 9.17) is 5.73 Å². The van der Waals surface area contributed by atoms with Crippen molar-refractivity contribution in [3.63, 3.8) is 0 Å². The molecule has 0 aromatic carbocycles. The van der Waals surface area contributed by atoms with Gasteiger partial charge in [0.25, 0.3) is 0 Å². The standard InChI is InChI=1S/C11H17N3OS/c1-14(9-3-6-13-7-4-9)11(15)10(12)5-8-16-2/h3-4,6-7,10H,5,8,12H2,1-2H3/t10-/m1/s1. The zero-order valence-electron chi connectivity index (χ0n) is 9.59. The zero-order chi connectivity index (χ0) is 12.0. The molecule has 5 heteroatoms. The molecule has 0 saturated carbocycles. The van der Waals surface area contributed by atoms with Crippen molar-refractivity contribution in [3.05, 3.63) is 24.5 Å². The summed E-state index contributed by atoms with van der Waals surface area (Å²) >= 11 is 1.69. The van der Waals surface area contributed by atoms with Crippen molar-refractivity contribution in [3.8, 4) is 0 Å². The summed E-state index contributed by atoms with van der Waals surface area (Å²) in [5.41, 5.74) is 6.64. The highest BCUT2D eigenvalue weighted by atomic mass is 32.2. The number of amides is 1. The van der Waals surface area contributed by atoms with Crippen molar-refractivity contribution >= 4 is 23.4 Å². The summed E-state index contributed by atoms with van der Waals surface area (Å²) in [6, 6.07) is 3.16. The average molecular weight is 239 g/mol. The molecule has 1 heterocycles. The maximum absolute atomic E-state index is 11.9. The molecule has 0 unspecified atom stereocenters. The number of rotatable bonds is 5. The van der Waals surface area contributed by atoms with Gasteiger partial charge in [-0.05, 0) is 30.6 Å². The van der Waals surface area contributed by atoms with Crippen molar-refractivity contribution in [2.45, 2.75) is 12.5 Å². The SMILES string of the molecule is CSCC[C@@H](N)C(=O)N(C)c1ccncc1. The summed E-state index contributed by atoms with van der Waals surface area (Å²) in [7, 11) is 1.73. The Bertz CT molecular complexity index is 331. The normalized spacial score (nSPS) is 12.2. The second kappa shape index (κ2) is 6.50. The first-order valence-electron chi connectivity index (χ1n) is 5.09. The minimum atomic E-state index is -0.425. The summed E-state index contributed by atoms with van der Waals surface area (Å²) in [6.45, 7) is 0. The predicted molar refractivity (Wildman–Crippen MR) is 68.6 cm³/mol. The van der Waals surface area contributed by atoms with Crippen molar-refractivity contribution < 1.29 is 4.79 Å². The summed E-state index contributed by atoms with van der Waals surface area (Å²) in [6.07, 6.45) is 6.03. The Labute approximate surface area is 100 Å². The third-order valence-electron chi connectivity index (χ3n) is 2.33. The summed E-state index contributed by atoms with van der Waals surface area (Å²) < 4.78 is 0. The Kier molecular flexibility index (Phi) is 5.28. The number of carbonyl (C=O) groups is 1. The van der Waals surface area contributed by atoms with Crippen LogP contribution in [0.25, 0.3) is 0 Å². The van der Waals surface area contributed by atoms with Crippen LogP contribution in [-0.2, 0) is 4.79 Å². The van der Waals surface area contributed by atoms with E-state index >= 15 is 0 Å². The minimum absolute atomic E-state index is 0.0553. The summed E-state index contributed by atoms with van der Waals surface area (Å²) in [4.78, 5) is 17.4.